The summed E-state index contributed by atoms with van der Waals surface area (Å²) in [7, 11) is 0. The van der Waals surface area contributed by atoms with Crippen LogP contribution in [0.1, 0.15) is 48.9 Å². The number of carbonyl (C=O) groups is 2. The fourth-order valence-electron chi connectivity index (χ4n) is 3.42. The van der Waals surface area contributed by atoms with E-state index in [9.17, 15) is 14.7 Å². The third-order valence-electron chi connectivity index (χ3n) is 4.89. The minimum atomic E-state index is -0.831. The van der Waals surface area contributed by atoms with E-state index in [1.54, 1.807) is 48.8 Å². The van der Waals surface area contributed by atoms with Crippen LogP contribution in [0.25, 0.3) is 0 Å². The van der Waals surface area contributed by atoms with Crippen molar-refractivity contribution < 1.29 is 19.4 Å². The molecule has 1 aromatic heterocycles. The number of aliphatic carboxylic acids is 1. The number of pyridine rings is 1. The first-order valence-corrected chi connectivity index (χ1v) is 9.35. The van der Waals surface area contributed by atoms with E-state index in [2.05, 4.69) is 10.3 Å². The first kappa shape index (κ1) is 18.9. The summed E-state index contributed by atoms with van der Waals surface area (Å²) >= 11 is 0. The minimum absolute atomic E-state index is 0.250. The predicted octanol–water partition coefficient (Wildman–Crippen LogP) is 4.03. The number of rotatable bonds is 5. The van der Waals surface area contributed by atoms with Gasteiger partial charge in [0.1, 0.15) is 11.5 Å². The van der Waals surface area contributed by atoms with Crippen molar-refractivity contribution in [3.05, 3.63) is 54.4 Å². The maximum Gasteiger partial charge on any atom is 0.308 e. The summed E-state index contributed by atoms with van der Waals surface area (Å²) in [4.78, 5) is 28.2. The van der Waals surface area contributed by atoms with Crippen LogP contribution < -0.4 is 10.1 Å². The molecule has 2 unspecified atom stereocenters. The van der Waals surface area contributed by atoms with E-state index >= 15 is 0 Å². The molecule has 1 saturated carbocycles. The normalized spacial score (nSPS) is 20.1. The van der Waals surface area contributed by atoms with Gasteiger partial charge >= 0.3 is 5.97 Å². The summed E-state index contributed by atoms with van der Waals surface area (Å²) in [5.41, 5.74) is 0.486. The molecule has 1 amide bonds. The van der Waals surface area contributed by atoms with Crippen LogP contribution in [-0.2, 0) is 4.79 Å². The molecular formula is C21H24N2O4. The molecule has 3 rings (SSSR count). The second kappa shape index (κ2) is 9.16. The molecule has 1 fully saturated rings. The molecule has 0 saturated heterocycles. The summed E-state index contributed by atoms with van der Waals surface area (Å²) in [6.45, 7) is 0. The molecule has 142 valence electrons. The fourth-order valence-corrected chi connectivity index (χ4v) is 3.42. The third-order valence-corrected chi connectivity index (χ3v) is 4.89. The molecule has 2 aromatic rings. The summed E-state index contributed by atoms with van der Waals surface area (Å²) in [6.07, 6.45) is 8.56. The first-order valence-electron chi connectivity index (χ1n) is 9.35. The SMILES string of the molecule is O=C(NC1CCCCCCC1C(=O)O)c1ccc(Oc2cccnc2)cc1. The second-order valence-electron chi connectivity index (χ2n) is 6.83. The first-order chi connectivity index (χ1) is 13.1. The Hall–Kier alpha value is -2.89. The number of amides is 1. The maximum absolute atomic E-state index is 12.6. The Morgan fingerprint density at radius 1 is 1.00 bits per heavy atom. The lowest BCUT2D eigenvalue weighted by Crippen LogP contribution is -2.43. The molecule has 0 spiro atoms. The van der Waals surface area contributed by atoms with Gasteiger partial charge in [0.25, 0.3) is 5.91 Å². The molecule has 27 heavy (non-hydrogen) atoms. The molecule has 1 aliphatic carbocycles. The lowest BCUT2D eigenvalue weighted by molar-refractivity contribution is -0.143. The van der Waals surface area contributed by atoms with Crippen molar-refractivity contribution in [3.8, 4) is 11.5 Å². The second-order valence-corrected chi connectivity index (χ2v) is 6.83. The third kappa shape index (κ3) is 5.29. The lowest BCUT2D eigenvalue weighted by atomic mass is 9.86. The number of carbonyl (C=O) groups excluding carboxylic acids is 1. The molecule has 6 nitrogen and oxygen atoms in total. The molecule has 1 heterocycles. The van der Waals surface area contributed by atoms with Crippen LogP contribution in [0.4, 0.5) is 0 Å². The van der Waals surface area contributed by atoms with Gasteiger partial charge in [-0.1, -0.05) is 25.7 Å². The summed E-state index contributed by atoms with van der Waals surface area (Å²) in [6, 6.07) is 10.0. The van der Waals surface area contributed by atoms with E-state index in [1.165, 1.54) is 0 Å². The van der Waals surface area contributed by atoms with Crippen molar-refractivity contribution >= 4 is 11.9 Å². The monoisotopic (exact) mass is 368 g/mol. The highest BCUT2D eigenvalue weighted by molar-refractivity contribution is 5.94. The van der Waals surface area contributed by atoms with E-state index < -0.39 is 11.9 Å². The zero-order chi connectivity index (χ0) is 19.1. The molecule has 0 bridgehead atoms. The molecule has 2 N–H and O–H groups in total. The standard InChI is InChI=1S/C21H24N2O4/c24-20(23-19-8-4-2-1-3-7-18(19)21(25)26)15-9-11-16(12-10-15)27-17-6-5-13-22-14-17/h5-6,9-14,18-19H,1-4,7-8H2,(H,23,24)(H,25,26). The topological polar surface area (TPSA) is 88.5 Å². The van der Waals surface area contributed by atoms with Crippen molar-refractivity contribution in [2.45, 2.75) is 44.6 Å². The highest BCUT2D eigenvalue weighted by atomic mass is 16.5. The lowest BCUT2D eigenvalue weighted by Gasteiger charge is -2.27. The summed E-state index contributed by atoms with van der Waals surface area (Å²) < 4.78 is 5.67. The number of carboxylic acid groups (broad SMARTS) is 1. The van der Waals surface area contributed by atoms with E-state index in [0.29, 0.717) is 29.9 Å². The van der Waals surface area contributed by atoms with Gasteiger partial charge in [0.2, 0.25) is 0 Å². The molecule has 6 heteroatoms. The van der Waals surface area contributed by atoms with Gasteiger partial charge in [-0.3, -0.25) is 14.6 Å². The molecule has 0 aliphatic heterocycles. The Balaban J connectivity index is 1.64. The van der Waals surface area contributed by atoms with Crippen LogP contribution in [0.5, 0.6) is 11.5 Å². The number of nitrogens with zero attached hydrogens (tertiary/aromatic N) is 1. The van der Waals surface area contributed by atoms with Crippen LogP contribution in [0, 0.1) is 5.92 Å². The average Bonchev–Trinajstić information content (AvgIpc) is 2.65. The van der Waals surface area contributed by atoms with Crippen molar-refractivity contribution in [1.82, 2.24) is 10.3 Å². The Morgan fingerprint density at radius 3 is 2.41 bits per heavy atom. The highest BCUT2D eigenvalue weighted by Crippen LogP contribution is 2.24. The molecular weight excluding hydrogens is 344 g/mol. The van der Waals surface area contributed by atoms with Crippen LogP contribution in [-0.4, -0.2) is 28.0 Å². The van der Waals surface area contributed by atoms with E-state index in [4.69, 9.17) is 4.74 Å². The minimum Gasteiger partial charge on any atom is -0.481 e. The van der Waals surface area contributed by atoms with Crippen molar-refractivity contribution in [3.63, 3.8) is 0 Å². The van der Waals surface area contributed by atoms with Crippen molar-refractivity contribution in [2.24, 2.45) is 5.92 Å². The van der Waals surface area contributed by atoms with E-state index in [-0.39, 0.29) is 11.9 Å². The number of hydrogen-bond donors (Lipinski definition) is 2. The quantitative estimate of drug-likeness (QED) is 0.832. The van der Waals surface area contributed by atoms with Gasteiger partial charge < -0.3 is 15.2 Å². The Morgan fingerprint density at radius 2 is 1.74 bits per heavy atom. The van der Waals surface area contributed by atoms with E-state index in [1.807, 2.05) is 0 Å². The van der Waals surface area contributed by atoms with Gasteiger partial charge in [-0.15, -0.1) is 0 Å². The fraction of sp³-hybridized carbons (Fsp3) is 0.381. The summed E-state index contributed by atoms with van der Waals surface area (Å²) in [5.74, 6) is -0.382. The van der Waals surface area contributed by atoms with Crippen LogP contribution in [0.3, 0.4) is 0 Å². The predicted molar refractivity (Wildman–Crippen MR) is 101 cm³/mol. The number of carboxylic acids is 1. The van der Waals surface area contributed by atoms with Crippen LogP contribution >= 0.6 is 0 Å². The van der Waals surface area contributed by atoms with Gasteiger partial charge in [-0.2, -0.15) is 0 Å². The molecule has 1 aliphatic rings. The molecule has 2 atom stereocenters. The Labute approximate surface area is 158 Å². The van der Waals surface area contributed by atoms with Crippen LogP contribution in [0.2, 0.25) is 0 Å². The van der Waals surface area contributed by atoms with Gasteiger partial charge in [-0.25, -0.2) is 0 Å². The van der Waals surface area contributed by atoms with Crippen molar-refractivity contribution in [2.75, 3.05) is 0 Å². The number of nitrogens with one attached hydrogen (secondary N) is 1. The van der Waals surface area contributed by atoms with Gasteiger partial charge in [0.15, 0.2) is 0 Å². The largest absolute Gasteiger partial charge is 0.481 e. The number of aromatic nitrogens is 1. The van der Waals surface area contributed by atoms with Crippen LogP contribution in [0.15, 0.2) is 48.8 Å². The van der Waals surface area contributed by atoms with Gasteiger partial charge in [0, 0.05) is 17.8 Å². The average molecular weight is 368 g/mol. The highest BCUT2D eigenvalue weighted by Gasteiger charge is 2.30. The number of ether oxygens (including phenoxy) is 1. The molecule has 1 aromatic carbocycles. The zero-order valence-corrected chi connectivity index (χ0v) is 15.1. The summed E-state index contributed by atoms with van der Waals surface area (Å²) in [5, 5.41) is 12.4. The van der Waals surface area contributed by atoms with Gasteiger partial charge in [-0.05, 0) is 49.2 Å². The zero-order valence-electron chi connectivity index (χ0n) is 15.1. The smallest absolute Gasteiger partial charge is 0.308 e. The van der Waals surface area contributed by atoms with Crippen molar-refractivity contribution in [1.29, 1.82) is 0 Å². The van der Waals surface area contributed by atoms with E-state index in [0.717, 1.165) is 25.7 Å². The number of benzene rings is 1. The Bertz CT molecular complexity index is 762. The Kier molecular flexibility index (Phi) is 6.41. The maximum atomic E-state index is 12.6. The number of hydrogen-bond acceptors (Lipinski definition) is 4. The molecule has 0 radical (unpaired) electrons. The van der Waals surface area contributed by atoms with Gasteiger partial charge in [0.05, 0.1) is 12.1 Å².